The second-order valence-electron chi connectivity index (χ2n) is 7.27. The van der Waals surface area contributed by atoms with E-state index in [1.54, 1.807) is 36.4 Å². The van der Waals surface area contributed by atoms with Crippen molar-refractivity contribution in [2.45, 2.75) is 37.3 Å². The fourth-order valence-electron chi connectivity index (χ4n) is 3.58. The van der Waals surface area contributed by atoms with Crippen LogP contribution in [0.1, 0.15) is 23.1 Å². The average Bonchev–Trinajstić information content (AvgIpc) is 2.71. The molecule has 5 atom stereocenters. The first-order valence-electron chi connectivity index (χ1n) is 9.40. The van der Waals surface area contributed by atoms with E-state index < -0.39 is 36.4 Å². The molecule has 0 radical (unpaired) electrons. The van der Waals surface area contributed by atoms with Gasteiger partial charge in [0.15, 0.2) is 0 Å². The van der Waals surface area contributed by atoms with E-state index in [1.165, 1.54) is 0 Å². The molecule has 0 heterocycles. The van der Waals surface area contributed by atoms with Gasteiger partial charge in [0.2, 0.25) is 0 Å². The summed E-state index contributed by atoms with van der Waals surface area (Å²) in [6.45, 7) is -0.327. The zero-order valence-corrected chi connectivity index (χ0v) is 15.7. The van der Waals surface area contributed by atoms with Crippen molar-refractivity contribution in [3.05, 3.63) is 71.3 Å². The van der Waals surface area contributed by atoms with Gasteiger partial charge in [-0.05, 0) is 29.2 Å². The number of aliphatic hydroxyl groups excluding tert-OH is 4. The molecular formula is C22H24F2O5. The van der Waals surface area contributed by atoms with Crippen LogP contribution in [0, 0.1) is 5.92 Å². The van der Waals surface area contributed by atoms with E-state index in [-0.39, 0.29) is 13.0 Å². The molecule has 7 heteroatoms. The Labute approximate surface area is 167 Å². The van der Waals surface area contributed by atoms with Gasteiger partial charge in [0, 0.05) is 25.0 Å². The summed E-state index contributed by atoms with van der Waals surface area (Å²) in [6.07, 6.45) is -4.98. The zero-order valence-electron chi connectivity index (χ0n) is 15.7. The van der Waals surface area contributed by atoms with Gasteiger partial charge in [-0.1, -0.05) is 42.5 Å². The summed E-state index contributed by atoms with van der Waals surface area (Å²) in [4.78, 5) is 0. The third kappa shape index (κ3) is 5.19. The molecule has 0 aromatic heterocycles. The fourth-order valence-corrected chi connectivity index (χ4v) is 3.58. The van der Waals surface area contributed by atoms with Gasteiger partial charge in [-0.15, -0.1) is 0 Å². The second-order valence-corrected chi connectivity index (χ2v) is 7.27. The lowest BCUT2D eigenvalue weighted by Gasteiger charge is -2.39. The summed E-state index contributed by atoms with van der Waals surface area (Å²) < 4.78 is 30.7. The highest BCUT2D eigenvalue weighted by molar-refractivity contribution is 5.50. The SMILES string of the molecule is OC[C@H]1C[C@@H](Oc2ccccc2Cc2ccc(C=C(F)F)cc2)[C@H](O)[C@@H](O)[C@@H]1O. The number of ether oxygens (including phenoxy) is 1. The van der Waals surface area contributed by atoms with Crippen LogP contribution in [-0.2, 0) is 6.42 Å². The number of halogens is 2. The molecule has 156 valence electrons. The molecule has 0 aliphatic heterocycles. The molecule has 2 aromatic rings. The summed E-state index contributed by atoms with van der Waals surface area (Å²) in [6, 6.07) is 13.9. The van der Waals surface area contributed by atoms with Crippen LogP contribution in [0.5, 0.6) is 5.75 Å². The lowest BCUT2D eigenvalue weighted by atomic mass is 9.81. The topological polar surface area (TPSA) is 90.2 Å². The molecule has 1 aliphatic rings. The number of aliphatic hydroxyl groups is 4. The molecular weight excluding hydrogens is 382 g/mol. The van der Waals surface area contributed by atoms with Crippen LogP contribution in [0.3, 0.4) is 0 Å². The molecule has 0 amide bonds. The van der Waals surface area contributed by atoms with Crippen LogP contribution in [0.25, 0.3) is 6.08 Å². The van der Waals surface area contributed by atoms with E-state index in [0.717, 1.165) is 17.2 Å². The van der Waals surface area contributed by atoms with Gasteiger partial charge in [-0.25, -0.2) is 0 Å². The molecule has 29 heavy (non-hydrogen) atoms. The maximum atomic E-state index is 12.4. The minimum atomic E-state index is -1.75. The third-order valence-corrected chi connectivity index (χ3v) is 5.23. The summed E-state index contributed by atoms with van der Waals surface area (Å²) in [5.41, 5.74) is 2.12. The van der Waals surface area contributed by atoms with Crippen LogP contribution in [-0.4, -0.2) is 51.4 Å². The maximum Gasteiger partial charge on any atom is 0.270 e. The Balaban J connectivity index is 1.76. The summed E-state index contributed by atoms with van der Waals surface area (Å²) in [5, 5.41) is 39.7. The predicted octanol–water partition coefficient (Wildman–Crippen LogP) is 2.36. The Bertz CT molecular complexity index is 833. The van der Waals surface area contributed by atoms with Crippen molar-refractivity contribution in [2.75, 3.05) is 6.61 Å². The number of para-hydroxylation sites is 1. The van der Waals surface area contributed by atoms with E-state index in [9.17, 15) is 29.2 Å². The first kappa shape index (κ1) is 21.4. The second kappa shape index (κ2) is 9.45. The lowest BCUT2D eigenvalue weighted by Crippen LogP contribution is -2.56. The summed E-state index contributed by atoms with van der Waals surface area (Å²) in [5.74, 6) is -0.0855. The normalized spacial score (nSPS) is 26.8. The third-order valence-electron chi connectivity index (χ3n) is 5.23. The minimum absolute atomic E-state index is 0.194. The molecule has 1 aliphatic carbocycles. The molecule has 1 saturated carbocycles. The molecule has 0 saturated heterocycles. The molecule has 0 bridgehead atoms. The highest BCUT2D eigenvalue weighted by Crippen LogP contribution is 2.31. The Morgan fingerprint density at radius 2 is 1.66 bits per heavy atom. The van der Waals surface area contributed by atoms with Gasteiger partial charge in [0.25, 0.3) is 6.08 Å². The molecule has 0 unspecified atom stereocenters. The van der Waals surface area contributed by atoms with E-state index in [2.05, 4.69) is 0 Å². The number of rotatable bonds is 6. The van der Waals surface area contributed by atoms with E-state index in [0.29, 0.717) is 17.7 Å². The summed E-state index contributed by atoms with van der Waals surface area (Å²) in [7, 11) is 0. The zero-order chi connectivity index (χ0) is 21.0. The number of benzene rings is 2. The van der Waals surface area contributed by atoms with Crippen molar-refractivity contribution in [1.29, 1.82) is 0 Å². The van der Waals surface area contributed by atoms with Crippen LogP contribution < -0.4 is 4.74 Å². The van der Waals surface area contributed by atoms with Gasteiger partial charge < -0.3 is 25.2 Å². The van der Waals surface area contributed by atoms with Gasteiger partial charge in [-0.2, -0.15) is 8.78 Å². The number of hydrogen-bond donors (Lipinski definition) is 4. The average molecular weight is 406 g/mol. The standard InChI is InChI=1S/C22H24F2O5/c23-19(24)10-14-7-5-13(6-8-14)9-15-3-1-2-4-17(15)29-18-11-16(12-25)20(26)22(28)21(18)27/h1-8,10,16,18,20-22,25-28H,9,11-12H2/t16-,18-,20-,21+,22+/m1/s1. The lowest BCUT2D eigenvalue weighted by molar-refractivity contribution is -0.157. The Hall–Kier alpha value is -2.32. The van der Waals surface area contributed by atoms with Crippen molar-refractivity contribution in [2.24, 2.45) is 5.92 Å². The highest BCUT2D eigenvalue weighted by Gasteiger charge is 2.43. The smallest absolute Gasteiger partial charge is 0.270 e. The Morgan fingerprint density at radius 3 is 2.31 bits per heavy atom. The van der Waals surface area contributed by atoms with Crippen LogP contribution >= 0.6 is 0 Å². The van der Waals surface area contributed by atoms with Crippen molar-refractivity contribution in [1.82, 2.24) is 0 Å². The predicted molar refractivity (Wildman–Crippen MR) is 104 cm³/mol. The molecule has 3 rings (SSSR count). The van der Waals surface area contributed by atoms with Gasteiger partial charge in [0.05, 0.1) is 6.10 Å². The number of hydrogen-bond acceptors (Lipinski definition) is 5. The van der Waals surface area contributed by atoms with Crippen LogP contribution in [0.15, 0.2) is 54.6 Å². The minimum Gasteiger partial charge on any atom is -0.487 e. The van der Waals surface area contributed by atoms with Crippen molar-refractivity contribution in [3.63, 3.8) is 0 Å². The largest absolute Gasteiger partial charge is 0.487 e. The van der Waals surface area contributed by atoms with Gasteiger partial charge in [-0.3, -0.25) is 0 Å². The molecule has 1 fully saturated rings. The first-order valence-corrected chi connectivity index (χ1v) is 9.40. The quantitative estimate of drug-likeness (QED) is 0.591. The van der Waals surface area contributed by atoms with Gasteiger partial charge >= 0.3 is 0 Å². The molecule has 0 spiro atoms. The maximum absolute atomic E-state index is 12.4. The molecule has 2 aromatic carbocycles. The Kier molecular flexibility index (Phi) is 6.97. The first-order chi connectivity index (χ1) is 13.9. The van der Waals surface area contributed by atoms with Crippen molar-refractivity contribution >= 4 is 6.08 Å². The highest BCUT2D eigenvalue weighted by atomic mass is 19.3. The van der Waals surface area contributed by atoms with E-state index in [4.69, 9.17) is 4.74 Å². The monoisotopic (exact) mass is 406 g/mol. The van der Waals surface area contributed by atoms with E-state index >= 15 is 0 Å². The molecule has 4 N–H and O–H groups in total. The van der Waals surface area contributed by atoms with E-state index in [1.807, 2.05) is 12.1 Å². The van der Waals surface area contributed by atoms with Crippen LogP contribution in [0.2, 0.25) is 0 Å². The van der Waals surface area contributed by atoms with Crippen LogP contribution in [0.4, 0.5) is 8.78 Å². The van der Waals surface area contributed by atoms with Crippen molar-refractivity contribution < 1.29 is 33.9 Å². The fraction of sp³-hybridized carbons (Fsp3) is 0.364. The Morgan fingerprint density at radius 1 is 0.966 bits per heavy atom. The molecule has 5 nitrogen and oxygen atoms in total. The summed E-state index contributed by atoms with van der Waals surface area (Å²) >= 11 is 0. The van der Waals surface area contributed by atoms with Crippen molar-refractivity contribution in [3.8, 4) is 5.75 Å². The van der Waals surface area contributed by atoms with Gasteiger partial charge in [0.1, 0.15) is 24.1 Å².